The average molecular weight is 319 g/mol. The molecule has 0 bridgehead atoms. The first-order valence-electron chi connectivity index (χ1n) is 5.78. The molecule has 0 saturated heterocycles. The van der Waals surface area contributed by atoms with Crippen molar-refractivity contribution in [3.63, 3.8) is 0 Å². The molecule has 1 aromatic carbocycles. The number of rotatable bonds is 3. The molecule has 0 radical (unpaired) electrons. The van der Waals surface area contributed by atoms with Crippen molar-refractivity contribution in [2.75, 3.05) is 0 Å². The van der Waals surface area contributed by atoms with Crippen molar-refractivity contribution in [3.05, 3.63) is 50.2 Å². The van der Waals surface area contributed by atoms with E-state index in [1.165, 1.54) is 0 Å². The summed E-state index contributed by atoms with van der Waals surface area (Å²) in [4.78, 5) is 0. The lowest BCUT2D eigenvalue weighted by Crippen LogP contribution is -2.14. The first kappa shape index (κ1) is 14.7. The number of aryl methyl sites for hydroxylation is 2. The highest BCUT2D eigenvalue weighted by Crippen LogP contribution is 2.29. The van der Waals surface area contributed by atoms with Crippen LogP contribution in [0.15, 0.2) is 18.2 Å². The van der Waals surface area contributed by atoms with Gasteiger partial charge in [0, 0.05) is 28.7 Å². The normalized spacial score (nSPS) is 12.7. The maximum Gasteiger partial charge on any atom is 0.130 e. The third kappa shape index (κ3) is 3.06. The number of hydrogen-bond acceptors (Lipinski definition) is 2. The molecule has 3 nitrogen and oxygen atoms in total. The second kappa shape index (κ2) is 5.71. The molecule has 0 saturated carbocycles. The quantitative estimate of drug-likeness (QED) is 0.932. The summed E-state index contributed by atoms with van der Waals surface area (Å²) in [5, 5.41) is 6.09. The maximum atomic E-state index is 6.21. The van der Waals surface area contributed by atoms with Gasteiger partial charge < -0.3 is 5.73 Å². The molecular weight excluding hydrogens is 305 g/mol. The molecule has 0 aliphatic rings. The van der Waals surface area contributed by atoms with E-state index >= 15 is 0 Å². The van der Waals surface area contributed by atoms with Crippen LogP contribution in [0, 0.1) is 6.92 Å². The van der Waals surface area contributed by atoms with Gasteiger partial charge in [0.1, 0.15) is 5.15 Å². The molecule has 19 heavy (non-hydrogen) atoms. The van der Waals surface area contributed by atoms with Crippen molar-refractivity contribution in [1.29, 1.82) is 0 Å². The average Bonchev–Trinajstić information content (AvgIpc) is 2.59. The lowest BCUT2D eigenvalue weighted by atomic mass is 10.00. The van der Waals surface area contributed by atoms with E-state index in [2.05, 4.69) is 5.10 Å². The number of halogens is 3. The van der Waals surface area contributed by atoms with E-state index in [9.17, 15) is 0 Å². The fourth-order valence-corrected chi connectivity index (χ4v) is 2.72. The minimum Gasteiger partial charge on any atom is -0.324 e. The first-order chi connectivity index (χ1) is 8.90. The highest BCUT2D eigenvalue weighted by molar-refractivity contribution is 6.33. The van der Waals surface area contributed by atoms with Crippen LogP contribution in [0.4, 0.5) is 0 Å². The molecule has 0 aliphatic heterocycles. The SMILES string of the molecule is Cc1nn(C)c(Cl)c1CC(N)c1cc(Cl)ccc1Cl. The van der Waals surface area contributed by atoms with Crippen LogP contribution in [-0.4, -0.2) is 9.78 Å². The van der Waals surface area contributed by atoms with E-state index in [0.29, 0.717) is 21.6 Å². The molecule has 1 aromatic heterocycles. The van der Waals surface area contributed by atoms with Gasteiger partial charge in [0.25, 0.3) is 0 Å². The highest BCUT2D eigenvalue weighted by Gasteiger charge is 2.17. The van der Waals surface area contributed by atoms with Gasteiger partial charge in [-0.25, -0.2) is 0 Å². The van der Waals surface area contributed by atoms with Gasteiger partial charge in [-0.2, -0.15) is 5.10 Å². The molecule has 0 spiro atoms. The van der Waals surface area contributed by atoms with Crippen molar-refractivity contribution in [1.82, 2.24) is 9.78 Å². The Hall–Kier alpha value is -0.740. The van der Waals surface area contributed by atoms with E-state index < -0.39 is 0 Å². The molecule has 6 heteroatoms. The van der Waals surface area contributed by atoms with Crippen LogP contribution in [0.25, 0.3) is 0 Å². The van der Waals surface area contributed by atoms with Gasteiger partial charge in [0.15, 0.2) is 0 Å². The van der Waals surface area contributed by atoms with Crippen LogP contribution in [-0.2, 0) is 13.5 Å². The Balaban J connectivity index is 2.30. The predicted octanol–water partition coefficient (Wildman–Crippen LogP) is 3.93. The van der Waals surface area contributed by atoms with Crippen molar-refractivity contribution in [2.45, 2.75) is 19.4 Å². The summed E-state index contributed by atoms with van der Waals surface area (Å²) in [7, 11) is 1.80. The number of nitrogens with zero attached hydrogens (tertiary/aromatic N) is 2. The molecule has 0 fully saturated rings. The zero-order valence-corrected chi connectivity index (χ0v) is 12.9. The predicted molar refractivity (Wildman–Crippen MR) is 80.0 cm³/mol. The number of aromatic nitrogens is 2. The minimum atomic E-state index is -0.272. The van der Waals surface area contributed by atoms with Gasteiger partial charge in [-0.15, -0.1) is 0 Å². The lowest BCUT2D eigenvalue weighted by molar-refractivity contribution is 0.718. The number of nitrogens with two attached hydrogens (primary N) is 1. The topological polar surface area (TPSA) is 43.8 Å². The van der Waals surface area contributed by atoms with Crippen molar-refractivity contribution < 1.29 is 0 Å². The largest absolute Gasteiger partial charge is 0.324 e. The van der Waals surface area contributed by atoms with Gasteiger partial charge in [0.2, 0.25) is 0 Å². The molecule has 0 aliphatic carbocycles. The third-order valence-corrected chi connectivity index (χ3v) is 4.10. The zero-order chi connectivity index (χ0) is 14.2. The Morgan fingerprint density at radius 1 is 1.32 bits per heavy atom. The van der Waals surface area contributed by atoms with Gasteiger partial charge in [-0.05, 0) is 37.1 Å². The van der Waals surface area contributed by atoms with Gasteiger partial charge in [0.05, 0.1) is 5.69 Å². The van der Waals surface area contributed by atoms with Gasteiger partial charge in [-0.3, -0.25) is 4.68 Å². The molecule has 102 valence electrons. The van der Waals surface area contributed by atoms with E-state index in [1.807, 2.05) is 6.92 Å². The number of hydrogen-bond donors (Lipinski definition) is 1. The van der Waals surface area contributed by atoms with Crippen LogP contribution in [0.3, 0.4) is 0 Å². The molecule has 1 unspecified atom stereocenters. The Bertz CT molecular complexity index is 607. The molecular formula is C13H14Cl3N3. The summed E-state index contributed by atoms with van der Waals surface area (Å²) < 4.78 is 1.64. The van der Waals surface area contributed by atoms with E-state index in [1.54, 1.807) is 29.9 Å². The monoisotopic (exact) mass is 317 g/mol. The molecule has 0 amide bonds. The summed E-state index contributed by atoms with van der Waals surface area (Å²) in [5.74, 6) is 0. The summed E-state index contributed by atoms with van der Waals surface area (Å²) in [6.45, 7) is 1.91. The van der Waals surface area contributed by atoms with E-state index in [0.717, 1.165) is 16.8 Å². The Morgan fingerprint density at radius 3 is 2.58 bits per heavy atom. The van der Waals surface area contributed by atoms with E-state index in [-0.39, 0.29) is 6.04 Å². The van der Waals surface area contributed by atoms with E-state index in [4.69, 9.17) is 40.5 Å². The molecule has 2 N–H and O–H groups in total. The molecule has 1 atom stereocenters. The fourth-order valence-electron chi connectivity index (χ4n) is 2.03. The molecule has 2 rings (SSSR count). The summed E-state index contributed by atoms with van der Waals surface area (Å²) in [5.41, 5.74) is 8.83. The standard InChI is InChI=1S/C13H14Cl3N3/c1-7-9(13(16)19(2)18-7)6-12(17)10-5-8(14)3-4-11(10)15/h3-5,12H,6,17H2,1-2H3. The van der Waals surface area contributed by atoms with Crippen LogP contribution in [0.2, 0.25) is 15.2 Å². The smallest absolute Gasteiger partial charge is 0.130 e. The maximum absolute atomic E-state index is 6.21. The first-order valence-corrected chi connectivity index (χ1v) is 6.92. The summed E-state index contributed by atoms with van der Waals surface area (Å²) in [6.07, 6.45) is 0.568. The van der Waals surface area contributed by atoms with Gasteiger partial charge >= 0.3 is 0 Å². The van der Waals surface area contributed by atoms with Crippen LogP contribution in [0.5, 0.6) is 0 Å². The summed E-state index contributed by atoms with van der Waals surface area (Å²) >= 11 is 18.3. The fraction of sp³-hybridized carbons (Fsp3) is 0.308. The second-order valence-corrected chi connectivity index (χ2v) is 5.66. The van der Waals surface area contributed by atoms with Crippen LogP contribution < -0.4 is 5.73 Å². The van der Waals surface area contributed by atoms with Crippen LogP contribution in [0.1, 0.15) is 22.9 Å². The van der Waals surface area contributed by atoms with Gasteiger partial charge in [-0.1, -0.05) is 34.8 Å². The molecule has 2 aromatic rings. The lowest BCUT2D eigenvalue weighted by Gasteiger charge is -2.14. The highest BCUT2D eigenvalue weighted by atomic mass is 35.5. The summed E-state index contributed by atoms with van der Waals surface area (Å²) in [6, 6.07) is 5.00. The second-order valence-electron chi connectivity index (χ2n) is 4.45. The Morgan fingerprint density at radius 2 is 2.00 bits per heavy atom. The zero-order valence-electron chi connectivity index (χ0n) is 10.6. The Kier molecular flexibility index (Phi) is 4.41. The van der Waals surface area contributed by atoms with Crippen molar-refractivity contribution >= 4 is 34.8 Å². The molecule has 1 heterocycles. The Labute approximate surface area is 127 Å². The third-order valence-electron chi connectivity index (χ3n) is 3.05. The van der Waals surface area contributed by atoms with Crippen LogP contribution >= 0.6 is 34.8 Å². The van der Waals surface area contributed by atoms with Crippen molar-refractivity contribution in [3.8, 4) is 0 Å². The van der Waals surface area contributed by atoms with Crippen molar-refractivity contribution in [2.24, 2.45) is 12.8 Å². The number of benzene rings is 1. The minimum absolute atomic E-state index is 0.272.